The van der Waals surface area contributed by atoms with Crippen LogP contribution in [-0.4, -0.2) is 26.9 Å². The van der Waals surface area contributed by atoms with E-state index in [0.29, 0.717) is 5.92 Å². The standard InChI is InChI=1S/C14H22N4O/c1-9-7-18(17-16-9)8-14(19)15-10(2)13-6-11-3-4-12(13)5-11/h7,10-13H,3-6,8H2,1-2H3,(H,15,19)/t10-,11-,12-,13-/m0/s1. The molecule has 1 aromatic heterocycles. The fourth-order valence-corrected chi connectivity index (χ4v) is 3.93. The van der Waals surface area contributed by atoms with Gasteiger partial charge in [-0.25, -0.2) is 4.68 Å². The molecule has 0 unspecified atom stereocenters. The quantitative estimate of drug-likeness (QED) is 0.895. The van der Waals surface area contributed by atoms with Crippen molar-refractivity contribution in [2.75, 3.05) is 0 Å². The molecule has 4 atom stereocenters. The molecule has 0 aliphatic heterocycles. The van der Waals surface area contributed by atoms with E-state index in [4.69, 9.17) is 0 Å². The smallest absolute Gasteiger partial charge is 0.242 e. The van der Waals surface area contributed by atoms with E-state index in [9.17, 15) is 4.79 Å². The van der Waals surface area contributed by atoms with E-state index in [1.165, 1.54) is 25.7 Å². The first-order chi connectivity index (χ1) is 9.11. The third-order valence-corrected chi connectivity index (χ3v) is 4.78. The number of nitrogens with zero attached hydrogens (tertiary/aromatic N) is 3. The van der Waals surface area contributed by atoms with E-state index in [-0.39, 0.29) is 18.5 Å². The fraction of sp³-hybridized carbons (Fsp3) is 0.786. The molecule has 3 rings (SSSR count). The molecule has 1 amide bonds. The minimum Gasteiger partial charge on any atom is -0.352 e. The highest BCUT2D eigenvalue weighted by molar-refractivity contribution is 5.75. The zero-order valence-electron chi connectivity index (χ0n) is 11.7. The van der Waals surface area contributed by atoms with Crippen molar-refractivity contribution in [3.05, 3.63) is 11.9 Å². The number of aromatic nitrogens is 3. The lowest BCUT2D eigenvalue weighted by Crippen LogP contribution is -2.41. The highest BCUT2D eigenvalue weighted by Crippen LogP contribution is 2.49. The average Bonchev–Trinajstić information content (AvgIpc) is 3.05. The molecule has 2 aliphatic carbocycles. The molecule has 1 heterocycles. The summed E-state index contributed by atoms with van der Waals surface area (Å²) in [5, 5.41) is 10.9. The maximum atomic E-state index is 12.0. The number of carbonyl (C=O) groups excluding carboxylic acids is 1. The second kappa shape index (κ2) is 4.94. The molecule has 0 spiro atoms. The third kappa shape index (κ3) is 2.65. The Morgan fingerprint density at radius 1 is 1.53 bits per heavy atom. The predicted molar refractivity (Wildman–Crippen MR) is 71.3 cm³/mol. The summed E-state index contributed by atoms with van der Waals surface area (Å²) in [6.45, 7) is 4.29. The Morgan fingerprint density at radius 3 is 2.95 bits per heavy atom. The first kappa shape index (κ1) is 12.6. The van der Waals surface area contributed by atoms with Gasteiger partial charge in [-0.2, -0.15) is 0 Å². The highest BCUT2D eigenvalue weighted by Gasteiger charge is 2.42. The zero-order chi connectivity index (χ0) is 13.4. The minimum absolute atomic E-state index is 0.0418. The Labute approximate surface area is 113 Å². The van der Waals surface area contributed by atoms with Crippen LogP contribution in [0.4, 0.5) is 0 Å². The van der Waals surface area contributed by atoms with Gasteiger partial charge in [0.2, 0.25) is 5.91 Å². The molecule has 2 fully saturated rings. The topological polar surface area (TPSA) is 59.8 Å². The molecule has 0 saturated heterocycles. The lowest BCUT2D eigenvalue weighted by Gasteiger charge is -2.28. The Hall–Kier alpha value is -1.39. The molecule has 1 aromatic rings. The lowest BCUT2D eigenvalue weighted by molar-refractivity contribution is -0.123. The lowest BCUT2D eigenvalue weighted by atomic mass is 9.84. The van der Waals surface area contributed by atoms with Gasteiger partial charge in [0.25, 0.3) is 0 Å². The van der Waals surface area contributed by atoms with Crippen LogP contribution in [-0.2, 0) is 11.3 Å². The monoisotopic (exact) mass is 262 g/mol. The first-order valence-electron chi connectivity index (χ1n) is 7.28. The van der Waals surface area contributed by atoms with Crippen LogP contribution in [0.2, 0.25) is 0 Å². The van der Waals surface area contributed by atoms with Gasteiger partial charge in [0.05, 0.1) is 5.69 Å². The summed E-state index contributed by atoms with van der Waals surface area (Å²) >= 11 is 0. The Bertz CT molecular complexity index is 470. The molecule has 5 nitrogen and oxygen atoms in total. The van der Waals surface area contributed by atoms with Gasteiger partial charge < -0.3 is 5.32 Å². The molecule has 1 N–H and O–H groups in total. The van der Waals surface area contributed by atoms with Crippen molar-refractivity contribution in [2.45, 2.75) is 52.1 Å². The molecule has 2 aliphatic rings. The van der Waals surface area contributed by atoms with Crippen LogP contribution in [0.15, 0.2) is 6.20 Å². The van der Waals surface area contributed by atoms with Crippen LogP contribution in [0, 0.1) is 24.7 Å². The largest absolute Gasteiger partial charge is 0.352 e. The van der Waals surface area contributed by atoms with E-state index < -0.39 is 0 Å². The van der Waals surface area contributed by atoms with Crippen molar-refractivity contribution in [1.29, 1.82) is 0 Å². The van der Waals surface area contributed by atoms with Gasteiger partial charge in [-0.3, -0.25) is 4.79 Å². The SMILES string of the molecule is Cc1cn(CC(=O)N[C@@H](C)[C@@H]2C[C@H]3CC[C@H]2C3)nn1. The molecule has 104 valence electrons. The first-order valence-corrected chi connectivity index (χ1v) is 7.28. The van der Waals surface area contributed by atoms with Gasteiger partial charge in [-0.1, -0.05) is 11.6 Å². The van der Waals surface area contributed by atoms with Crippen LogP contribution >= 0.6 is 0 Å². The third-order valence-electron chi connectivity index (χ3n) is 4.78. The summed E-state index contributed by atoms with van der Waals surface area (Å²) in [7, 11) is 0. The van der Waals surface area contributed by atoms with Gasteiger partial charge in [-0.05, 0) is 50.9 Å². The molecule has 2 bridgehead atoms. The molecule has 19 heavy (non-hydrogen) atoms. The van der Waals surface area contributed by atoms with Crippen LogP contribution in [0.3, 0.4) is 0 Å². The van der Waals surface area contributed by atoms with Gasteiger partial charge in [0.15, 0.2) is 0 Å². The maximum Gasteiger partial charge on any atom is 0.242 e. The van der Waals surface area contributed by atoms with Gasteiger partial charge in [-0.15, -0.1) is 5.10 Å². The average molecular weight is 262 g/mol. The summed E-state index contributed by atoms with van der Waals surface area (Å²) < 4.78 is 1.60. The van der Waals surface area contributed by atoms with Crippen molar-refractivity contribution in [3.63, 3.8) is 0 Å². The summed E-state index contributed by atoms with van der Waals surface area (Å²) in [5.74, 6) is 2.49. The van der Waals surface area contributed by atoms with Crippen LogP contribution in [0.25, 0.3) is 0 Å². The molecule has 5 heteroatoms. The molecule has 2 saturated carbocycles. The van der Waals surface area contributed by atoms with Crippen molar-refractivity contribution in [3.8, 4) is 0 Å². The number of amides is 1. The van der Waals surface area contributed by atoms with Gasteiger partial charge in [0.1, 0.15) is 6.54 Å². The normalized spacial score (nSPS) is 30.5. The van der Waals surface area contributed by atoms with E-state index in [2.05, 4.69) is 22.6 Å². The van der Waals surface area contributed by atoms with Gasteiger partial charge >= 0.3 is 0 Å². The second-order valence-electron chi connectivity index (χ2n) is 6.25. The number of rotatable bonds is 4. The molecular formula is C14H22N4O. The van der Waals surface area contributed by atoms with E-state index in [1.54, 1.807) is 10.9 Å². The van der Waals surface area contributed by atoms with Crippen LogP contribution in [0.1, 0.15) is 38.3 Å². The van der Waals surface area contributed by atoms with Gasteiger partial charge in [0, 0.05) is 12.2 Å². The van der Waals surface area contributed by atoms with E-state index in [1.807, 2.05) is 6.92 Å². The fourth-order valence-electron chi connectivity index (χ4n) is 3.93. The summed E-state index contributed by atoms with van der Waals surface area (Å²) in [6, 6.07) is 0.285. The second-order valence-corrected chi connectivity index (χ2v) is 6.25. The molecule has 0 aromatic carbocycles. The Balaban J connectivity index is 1.52. The Morgan fingerprint density at radius 2 is 2.37 bits per heavy atom. The number of aryl methyl sites for hydroxylation is 1. The number of fused-ring (bicyclic) bond motifs is 2. The summed E-state index contributed by atoms with van der Waals surface area (Å²) in [6.07, 6.45) is 7.24. The van der Waals surface area contributed by atoms with Crippen molar-refractivity contribution in [2.24, 2.45) is 17.8 Å². The van der Waals surface area contributed by atoms with Crippen LogP contribution in [0.5, 0.6) is 0 Å². The van der Waals surface area contributed by atoms with E-state index >= 15 is 0 Å². The number of hydrogen-bond donors (Lipinski definition) is 1. The van der Waals surface area contributed by atoms with Crippen molar-refractivity contribution < 1.29 is 4.79 Å². The zero-order valence-corrected chi connectivity index (χ0v) is 11.7. The molecule has 0 radical (unpaired) electrons. The Kier molecular flexibility index (Phi) is 3.29. The number of carbonyl (C=O) groups is 1. The van der Waals surface area contributed by atoms with E-state index in [0.717, 1.165) is 17.5 Å². The maximum absolute atomic E-state index is 12.0. The minimum atomic E-state index is 0.0418. The summed E-state index contributed by atoms with van der Waals surface area (Å²) in [5.41, 5.74) is 0.842. The number of hydrogen-bond acceptors (Lipinski definition) is 3. The highest BCUT2D eigenvalue weighted by atomic mass is 16.2. The molecular weight excluding hydrogens is 240 g/mol. The predicted octanol–water partition coefficient (Wildman–Crippen LogP) is 1.53. The van der Waals surface area contributed by atoms with Crippen molar-refractivity contribution in [1.82, 2.24) is 20.3 Å². The summed E-state index contributed by atoms with van der Waals surface area (Å²) in [4.78, 5) is 12.0. The van der Waals surface area contributed by atoms with Crippen molar-refractivity contribution >= 4 is 5.91 Å². The van der Waals surface area contributed by atoms with Crippen LogP contribution < -0.4 is 5.32 Å². The number of nitrogens with one attached hydrogen (secondary N) is 1.